The fourth-order valence-corrected chi connectivity index (χ4v) is 3.08. The number of carbonyl (C=O) groups is 3. The number of nitrogens with one attached hydrogen (secondary N) is 1. The van der Waals surface area contributed by atoms with Crippen molar-refractivity contribution in [2.75, 3.05) is 12.1 Å². The first-order chi connectivity index (χ1) is 12.5. The highest BCUT2D eigenvalue weighted by molar-refractivity contribution is 6.05. The average Bonchev–Trinajstić information content (AvgIpc) is 3.19. The van der Waals surface area contributed by atoms with Gasteiger partial charge in [0, 0.05) is 17.2 Å². The van der Waals surface area contributed by atoms with Gasteiger partial charge in [-0.3, -0.25) is 9.59 Å². The maximum absolute atomic E-state index is 12.5. The van der Waals surface area contributed by atoms with Crippen molar-refractivity contribution in [1.29, 1.82) is 0 Å². The molecule has 0 aliphatic carbocycles. The number of carbonyl (C=O) groups excluding carboxylic acids is 3. The van der Waals surface area contributed by atoms with Crippen molar-refractivity contribution in [3.8, 4) is 11.5 Å². The van der Waals surface area contributed by atoms with Crippen LogP contribution >= 0.6 is 0 Å². The third-order valence-corrected chi connectivity index (χ3v) is 4.31. The SMILES string of the molecule is CC(=O)c1cc2c(cc1NC(=O)CC1OC(=O)c3ccccc31)OCO2. The second kappa shape index (κ2) is 6.18. The molecule has 0 fully saturated rings. The fraction of sp³-hybridized carbons (Fsp3) is 0.211. The molecule has 0 saturated heterocycles. The van der Waals surface area contributed by atoms with E-state index in [1.54, 1.807) is 36.4 Å². The minimum absolute atomic E-state index is 0.0471. The van der Waals surface area contributed by atoms with Crippen LogP contribution in [0.3, 0.4) is 0 Å². The number of anilines is 1. The number of ketones is 1. The first-order valence-electron chi connectivity index (χ1n) is 8.07. The second-order valence-corrected chi connectivity index (χ2v) is 6.04. The van der Waals surface area contributed by atoms with Gasteiger partial charge in [-0.15, -0.1) is 0 Å². The summed E-state index contributed by atoms with van der Waals surface area (Å²) >= 11 is 0. The van der Waals surface area contributed by atoms with Gasteiger partial charge in [0.2, 0.25) is 12.7 Å². The second-order valence-electron chi connectivity index (χ2n) is 6.04. The van der Waals surface area contributed by atoms with Crippen LogP contribution in [0.5, 0.6) is 11.5 Å². The van der Waals surface area contributed by atoms with Gasteiger partial charge in [-0.2, -0.15) is 0 Å². The molecule has 1 unspecified atom stereocenters. The van der Waals surface area contributed by atoms with Crippen LogP contribution in [0.2, 0.25) is 0 Å². The lowest BCUT2D eigenvalue weighted by Crippen LogP contribution is -2.17. The molecule has 26 heavy (non-hydrogen) atoms. The lowest BCUT2D eigenvalue weighted by Gasteiger charge is -2.13. The molecule has 0 aromatic heterocycles. The van der Waals surface area contributed by atoms with Gasteiger partial charge in [0.1, 0.15) is 6.10 Å². The molecular formula is C19H15NO6. The fourth-order valence-electron chi connectivity index (χ4n) is 3.08. The van der Waals surface area contributed by atoms with Crippen LogP contribution in [-0.4, -0.2) is 24.5 Å². The van der Waals surface area contributed by atoms with Gasteiger partial charge in [0.05, 0.1) is 17.7 Å². The Labute approximate surface area is 148 Å². The standard InChI is InChI=1S/C19H15NO6/c1-10(21)13-6-16-17(25-9-24-16)7-14(13)20-18(22)8-15-11-4-2-3-5-12(11)19(23)26-15/h2-7,15H,8-9H2,1H3,(H,20,22). The summed E-state index contributed by atoms with van der Waals surface area (Å²) in [6.07, 6.45) is -0.692. The van der Waals surface area contributed by atoms with E-state index in [0.717, 1.165) is 0 Å². The topological polar surface area (TPSA) is 90.9 Å². The van der Waals surface area contributed by atoms with Crippen molar-refractivity contribution in [3.63, 3.8) is 0 Å². The summed E-state index contributed by atoms with van der Waals surface area (Å²) in [5.74, 6) is -0.0993. The van der Waals surface area contributed by atoms with Crippen LogP contribution in [0.15, 0.2) is 36.4 Å². The van der Waals surface area contributed by atoms with Crippen molar-refractivity contribution in [1.82, 2.24) is 0 Å². The highest BCUT2D eigenvalue weighted by Gasteiger charge is 2.32. The Bertz CT molecular complexity index is 936. The predicted octanol–water partition coefficient (Wildman–Crippen LogP) is 2.86. The summed E-state index contributed by atoms with van der Waals surface area (Å²) in [6, 6.07) is 10.1. The number of rotatable bonds is 4. The lowest BCUT2D eigenvalue weighted by molar-refractivity contribution is -0.118. The van der Waals surface area contributed by atoms with Gasteiger partial charge >= 0.3 is 5.97 Å². The summed E-state index contributed by atoms with van der Waals surface area (Å²) in [5.41, 5.74) is 1.82. The molecule has 2 heterocycles. The monoisotopic (exact) mass is 353 g/mol. The van der Waals surface area contributed by atoms with E-state index in [4.69, 9.17) is 14.2 Å². The molecule has 0 spiro atoms. The maximum atomic E-state index is 12.5. The predicted molar refractivity (Wildman–Crippen MR) is 90.4 cm³/mol. The average molecular weight is 353 g/mol. The van der Waals surface area contributed by atoms with Crippen molar-refractivity contribution in [3.05, 3.63) is 53.1 Å². The van der Waals surface area contributed by atoms with Crippen LogP contribution < -0.4 is 14.8 Å². The van der Waals surface area contributed by atoms with E-state index in [-0.39, 0.29) is 24.9 Å². The van der Waals surface area contributed by atoms with Crippen molar-refractivity contribution >= 4 is 23.3 Å². The molecule has 1 N–H and O–H groups in total. The molecule has 1 amide bonds. The van der Waals surface area contributed by atoms with E-state index in [0.29, 0.717) is 33.9 Å². The molecule has 2 aliphatic rings. The molecule has 132 valence electrons. The Hall–Kier alpha value is -3.35. The van der Waals surface area contributed by atoms with Gasteiger partial charge in [-0.1, -0.05) is 18.2 Å². The zero-order valence-corrected chi connectivity index (χ0v) is 13.9. The van der Waals surface area contributed by atoms with Gasteiger partial charge in [-0.25, -0.2) is 4.79 Å². The molecule has 2 aliphatic heterocycles. The van der Waals surface area contributed by atoms with Gasteiger partial charge < -0.3 is 19.5 Å². The lowest BCUT2D eigenvalue weighted by atomic mass is 10.0. The summed E-state index contributed by atoms with van der Waals surface area (Å²) in [7, 11) is 0. The maximum Gasteiger partial charge on any atom is 0.339 e. The highest BCUT2D eigenvalue weighted by Crippen LogP contribution is 2.38. The smallest absolute Gasteiger partial charge is 0.339 e. The van der Waals surface area contributed by atoms with Gasteiger partial charge in [-0.05, 0) is 19.1 Å². The third kappa shape index (κ3) is 2.77. The van der Waals surface area contributed by atoms with Crippen LogP contribution in [-0.2, 0) is 9.53 Å². The molecule has 4 rings (SSSR count). The van der Waals surface area contributed by atoms with E-state index >= 15 is 0 Å². The molecule has 2 aromatic rings. The summed E-state index contributed by atoms with van der Waals surface area (Å²) < 4.78 is 15.8. The number of hydrogen-bond donors (Lipinski definition) is 1. The van der Waals surface area contributed by atoms with Crippen LogP contribution in [0.1, 0.15) is 45.7 Å². The highest BCUT2D eigenvalue weighted by atomic mass is 16.7. The molecule has 7 nitrogen and oxygen atoms in total. The molecule has 7 heteroatoms. The molecule has 0 saturated carbocycles. The van der Waals surface area contributed by atoms with Crippen LogP contribution in [0.25, 0.3) is 0 Å². The Morgan fingerprint density at radius 3 is 2.65 bits per heavy atom. The number of esters is 1. The van der Waals surface area contributed by atoms with E-state index < -0.39 is 12.1 Å². The molecule has 1 atom stereocenters. The van der Waals surface area contributed by atoms with E-state index in [9.17, 15) is 14.4 Å². The normalized spacial score (nSPS) is 16.8. The van der Waals surface area contributed by atoms with Crippen molar-refractivity contribution in [2.24, 2.45) is 0 Å². The van der Waals surface area contributed by atoms with Gasteiger partial charge in [0.15, 0.2) is 17.3 Å². The Morgan fingerprint density at radius 2 is 1.88 bits per heavy atom. The Kier molecular flexibility index (Phi) is 3.84. The van der Waals surface area contributed by atoms with E-state index in [1.807, 2.05) is 0 Å². The zero-order chi connectivity index (χ0) is 18.3. The molecule has 0 bridgehead atoms. The summed E-state index contributed by atoms with van der Waals surface area (Å²) in [4.78, 5) is 36.2. The zero-order valence-electron chi connectivity index (χ0n) is 13.9. The number of fused-ring (bicyclic) bond motifs is 2. The Morgan fingerprint density at radius 1 is 1.15 bits per heavy atom. The Balaban J connectivity index is 1.55. The van der Waals surface area contributed by atoms with Crippen molar-refractivity contribution in [2.45, 2.75) is 19.4 Å². The minimum atomic E-state index is -0.645. The first-order valence-corrected chi connectivity index (χ1v) is 8.07. The van der Waals surface area contributed by atoms with Crippen LogP contribution in [0.4, 0.5) is 5.69 Å². The van der Waals surface area contributed by atoms with Gasteiger partial charge in [0.25, 0.3) is 0 Å². The van der Waals surface area contributed by atoms with E-state index in [1.165, 1.54) is 6.92 Å². The number of ether oxygens (including phenoxy) is 3. The van der Waals surface area contributed by atoms with Crippen molar-refractivity contribution < 1.29 is 28.6 Å². The number of amides is 1. The molecule has 0 radical (unpaired) electrons. The number of hydrogen-bond acceptors (Lipinski definition) is 6. The minimum Gasteiger partial charge on any atom is -0.454 e. The molecule has 2 aromatic carbocycles. The summed E-state index contributed by atoms with van der Waals surface area (Å²) in [6.45, 7) is 1.47. The number of cyclic esters (lactones) is 1. The number of benzene rings is 2. The first kappa shape index (κ1) is 16.1. The largest absolute Gasteiger partial charge is 0.454 e. The quantitative estimate of drug-likeness (QED) is 0.671. The van der Waals surface area contributed by atoms with Crippen LogP contribution in [0, 0.1) is 0 Å². The summed E-state index contributed by atoms with van der Waals surface area (Å²) in [5, 5.41) is 2.71. The molecular weight excluding hydrogens is 338 g/mol. The van der Waals surface area contributed by atoms with E-state index in [2.05, 4.69) is 5.32 Å². The third-order valence-electron chi connectivity index (χ3n) is 4.31. The number of Topliss-reactive ketones (excluding diaryl/α,β-unsaturated/α-hetero) is 1.